The third kappa shape index (κ3) is 2.87. The summed E-state index contributed by atoms with van der Waals surface area (Å²) in [5.41, 5.74) is 3.36. The van der Waals surface area contributed by atoms with Gasteiger partial charge in [0.15, 0.2) is 23.2 Å². The third-order valence-corrected chi connectivity index (χ3v) is 5.04. The van der Waals surface area contributed by atoms with Gasteiger partial charge in [-0.1, -0.05) is 12.8 Å². The molecule has 11 nitrogen and oxygen atoms in total. The van der Waals surface area contributed by atoms with Crippen LogP contribution in [0.3, 0.4) is 0 Å². The minimum Gasteiger partial charge on any atom is -0.394 e. The van der Waals surface area contributed by atoms with Gasteiger partial charge >= 0.3 is 0 Å². The van der Waals surface area contributed by atoms with Crippen LogP contribution in [0.15, 0.2) is 6.33 Å². The molecule has 4 atom stereocenters. The number of hydrazine groups is 1. The highest BCUT2D eigenvalue weighted by molar-refractivity contribution is 5.84. The highest BCUT2D eigenvalue weighted by atomic mass is 16.6. The maximum absolute atomic E-state index is 10.3. The number of imidazole rings is 1. The molecule has 3 heterocycles. The summed E-state index contributed by atoms with van der Waals surface area (Å²) < 4.78 is 7.09. The average molecular weight is 365 g/mol. The summed E-state index contributed by atoms with van der Waals surface area (Å²) >= 11 is 0. The number of ether oxygens (including phenoxy) is 1. The third-order valence-electron chi connectivity index (χ3n) is 5.04. The molecular weight excluding hydrogens is 342 g/mol. The highest BCUT2D eigenvalue weighted by Gasteiger charge is 2.44. The number of nitrogen functional groups attached to an aromatic ring is 1. The Bertz CT molecular complexity index is 779. The minimum absolute atomic E-state index is 0.200. The number of aliphatic hydroxyl groups excluding tert-OH is 3. The Labute approximate surface area is 149 Å². The number of hydrogen-bond acceptors (Lipinski definition) is 10. The number of fused-ring (bicyclic) bond motifs is 1. The molecule has 11 heteroatoms. The Hall–Kier alpha value is -2.05. The van der Waals surface area contributed by atoms with Gasteiger partial charge in [-0.15, -0.1) is 0 Å². The number of nitrogens with one attached hydrogen (secondary N) is 2. The lowest BCUT2D eigenvalue weighted by molar-refractivity contribution is -0.0511. The molecule has 2 aromatic heterocycles. The summed E-state index contributed by atoms with van der Waals surface area (Å²) in [6.07, 6.45) is 1.71. The van der Waals surface area contributed by atoms with Crippen LogP contribution in [-0.2, 0) is 4.74 Å². The van der Waals surface area contributed by atoms with Crippen molar-refractivity contribution in [3.05, 3.63) is 6.33 Å². The van der Waals surface area contributed by atoms with E-state index in [0.717, 1.165) is 12.8 Å². The summed E-state index contributed by atoms with van der Waals surface area (Å²) in [7, 11) is 0. The SMILES string of the molecule is NNc1nc(NC2CCCC2)c2ncn([C@@H]3O[C@H](CO)[C@@H](O)[C@H]3O)c2n1. The van der Waals surface area contributed by atoms with Gasteiger partial charge in [0.05, 0.1) is 12.9 Å². The first-order chi connectivity index (χ1) is 12.6. The topological polar surface area (TPSA) is 164 Å². The lowest BCUT2D eigenvalue weighted by atomic mass is 10.1. The van der Waals surface area contributed by atoms with Crippen LogP contribution >= 0.6 is 0 Å². The van der Waals surface area contributed by atoms with Crippen molar-refractivity contribution in [1.29, 1.82) is 0 Å². The maximum Gasteiger partial charge on any atom is 0.241 e. The van der Waals surface area contributed by atoms with E-state index in [-0.39, 0.29) is 5.95 Å². The summed E-state index contributed by atoms with van der Waals surface area (Å²) in [6.45, 7) is -0.402. The lowest BCUT2D eigenvalue weighted by Gasteiger charge is -2.17. The Balaban J connectivity index is 1.72. The molecule has 7 N–H and O–H groups in total. The number of nitrogens with two attached hydrogens (primary N) is 1. The van der Waals surface area contributed by atoms with Crippen LogP contribution in [0.25, 0.3) is 11.2 Å². The van der Waals surface area contributed by atoms with Gasteiger partial charge in [0.1, 0.15) is 18.3 Å². The van der Waals surface area contributed by atoms with Gasteiger partial charge in [-0.2, -0.15) is 9.97 Å². The number of hydrogen-bond donors (Lipinski definition) is 6. The van der Waals surface area contributed by atoms with Gasteiger partial charge in [0.2, 0.25) is 5.95 Å². The first kappa shape index (κ1) is 17.4. The molecule has 1 aliphatic heterocycles. The fourth-order valence-corrected chi connectivity index (χ4v) is 3.64. The van der Waals surface area contributed by atoms with Crippen molar-refractivity contribution in [3.8, 4) is 0 Å². The molecule has 142 valence electrons. The Morgan fingerprint density at radius 2 is 2.00 bits per heavy atom. The highest BCUT2D eigenvalue weighted by Crippen LogP contribution is 2.33. The van der Waals surface area contributed by atoms with Gasteiger partial charge in [0.25, 0.3) is 0 Å². The standard InChI is InChI=1S/C15H23N7O4/c16-21-15-19-12(18-7-3-1-2-4-7)9-13(20-15)22(6-17-9)14-11(25)10(24)8(5-23)26-14/h6-8,10-11,14,23-25H,1-5,16H2,(H2,18,19,20,21)/t8-,10-,11-,14-/m1/s1. The van der Waals surface area contributed by atoms with E-state index in [2.05, 4.69) is 25.7 Å². The molecule has 0 radical (unpaired) electrons. The number of nitrogens with zero attached hydrogens (tertiary/aromatic N) is 4. The fraction of sp³-hybridized carbons (Fsp3) is 0.667. The molecule has 2 aromatic rings. The average Bonchev–Trinajstić information content (AvgIpc) is 3.36. The van der Waals surface area contributed by atoms with E-state index in [4.69, 9.17) is 10.6 Å². The lowest BCUT2D eigenvalue weighted by Crippen LogP contribution is -2.33. The second-order valence-electron chi connectivity index (χ2n) is 6.72. The summed E-state index contributed by atoms with van der Waals surface area (Å²) in [5.74, 6) is 6.25. The van der Waals surface area contributed by atoms with E-state index in [1.807, 2.05) is 0 Å². The normalized spacial score (nSPS) is 29.5. The quantitative estimate of drug-likeness (QED) is 0.288. The van der Waals surface area contributed by atoms with Gasteiger partial charge in [-0.05, 0) is 12.8 Å². The molecule has 2 fully saturated rings. The van der Waals surface area contributed by atoms with Crippen LogP contribution in [0.1, 0.15) is 31.9 Å². The zero-order valence-corrected chi connectivity index (χ0v) is 14.1. The van der Waals surface area contributed by atoms with Crippen molar-refractivity contribution in [3.63, 3.8) is 0 Å². The predicted molar refractivity (Wildman–Crippen MR) is 92.0 cm³/mol. The van der Waals surface area contributed by atoms with E-state index >= 15 is 0 Å². The molecular formula is C15H23N7O4. The first-order valence-corrected chi connectivity index (χ1v) is 8.72. The molecule has 0 amide bonds. The van der Waals surface area contributed by atoms with Crippen molar-refractivity contribution in [2.24, 2.45) is 5.84 Å². The van der Waals surface area contributed by atoms with Crippen molar-refractivity contribution >= 4 is 22.9 Å². The minimum atomic E-state index is -1.22. The molecule has 0 bridgehead atoms. The zero-order chi connectivity index (χ0) is 18.3. The molecule has 0 unspecified atom stereocenters. The Morgan fingerprint density at radius 1 is 1.23 bits per heavy atom. The molecule has 2 aliphatic rings. The van der Waals surface area contributed by atoms with Gasteiger partial charge < -0.3 is 25.4 Å². The monoisotopic (exact) mass is 365 g/mol. The van der Waals surface area contributed by atoms with Gasteiger partial charge in [-0.3, -0.25) is 9.99 Å². The molecule has 0 spiro atoms. The summed E-state index contributed by atoms with van der Waals surface area (Å²) in [6, 6.07) is 0.317. The molecule has 1 saturated carbocycles. The smallest absolute Gasteiger partial charge is 0.241 e. The van der Waals surface area contributed by atoms with E-state index in [0.29, 0.717) is 23.0 Å². The Kier molecular flexibility index (Phi) is 4.63. The van der Waals surface area contributed by atoms with E-state index in [1.54, 1.807) is 0 Å². The molecule has 26 heavy (non-hydrogen) atoms. The largest absolute Gasteiger partial charge is 0.394 e. The van der Waals surface area contributed by atoms with E-state index in [9.17, 15) is 15.3 Å². The van der Waals surface area contributed by atoms with Crippen LogP contribution in [0, 0.1) is 0 Å². The van der Waals surface area contributed by atoms with Crippen molar-refractivity contribution in [1.82, 2.24) is 19.5 Å². The van der Waals surface area contributed by atoms with Gasteiger partial charge in [-0.25, -0.2) is 10.8 Å². The maximum atomic E-state index is 10.3. The van der Waals surface area contributed by atoms with Crippen LogP contribution in [-0.4, -0.2) is 65.8 Å². The van der Waals surface area contributed by atoms with Crippen molar-refractivity contribution in [2.75, 3.05) is 17.3 Å². The molecule has 4 rings (SSSR count). The number of aromatic nitrogens is 4. The van der Waals surface area contributed by atoms with E-state index in [1.165, 1.54) is 23.7 Å². The number of anilines is 2. The molecule has 1 aliphatic carbocycles. The van der Waals surface area contributed by atoms with Crippen molar-refractivity contribution in [2.45, 2.75) is 56.3 Å². The van der Waals surface area contributed by atoms with Crippen molar-refractivity contribution < 1.29 is 20.1 Å². The summed E-state index contributed by atoms with van der Waals surface area (Å²) in [4.78, 5) is 13.0. The van der Waals surface area contributed by atoms with Crippen LogP contribution in [0.2, 0.25) is 0 Å². The Morgan fingerprint density at radius 3 is 2.65 bits per heavy atom. The van der Waals surface area contributed by atoms with Crippen LogP contribution < -0.4 is 16.6 Å². The van der Waals surface area contributed by atoms with Crippen LogP contribution in [0.4, 0.5) is 11.8 Å². The predicted octanol–water partition coefficient (Wildman–Crippen LogP) is -0.922. The zero-order valence-electron chi connectivity index (χ0n) is 14.1. The van der Waals surface area contributed by atoms with Crippen LogP contribution in [0.5, 0.6) is 0 Å². The second kappa shape index (κ2) is 6.93. The second-order valence-corrected chi connectivity index (χ2v) is 6.72. The number of rotatable bonds is 5. The summed E-state index contributed by atoms with van der Waals surface area (Å²) in [5, 5.41) is 33.0. The fourth-order valence-electron chi connectivity index (χ4n) is 3.64. The first-order valence-electron chi connectivity index (χ1n) is 8.72. The molecule has 0 aromatic carbocycles. The number of aliphatic hydroxyl groups is 3. The molecule has 1 saturated heterocycles. The van der Waals surface area contributed by atoms with Gasteiger partial charge in [0, 0.05) is 6.04 Å². The van der Waals surface area contributed by atoms with E-state index < -0.39 is 31.1 Å².